The molecule has 0 radical (unpaired) electrons. The number of amides is 1. The summed E-state index contributed by atoms with van der Waals surface area (Å²) in [6.45, 7) is 8.37. The van der Waals surface area contributed by atoms with E-state index in [9.17, 15) is 4.79 Å². The van der Waals surface area contributed by atoms with Crippen molar-refractivity contribution in [3.8, 4) is 0 Å². The van der Waals surface area contributed by atoms with E-state index in [-0.39, 0.29) is 6.09 Å². The van der Waals surface area contributed by atoms with Gasteiger partial charge in [0.25, 0.3) is 0 Å². The fourth-order valence-corrected chi connectivity index (χ4v) is 4.25. The predicted molar refractivity (Wildman–Crippen MR) is 103 cm³/mol. The van der Waals surface area contributed by atoms with Crippen LogP contribution in [0.5, 0.6) is 0 Å². The molecule has 1 aromatic heterocycles. The van der Waals surface area contributed by atoms with E-state index in [2.05, 4.69) is 23.0 Å². The lowest BCUT2D eigenvalue weighted by atomic mass is 9.90. The number of nitrogens with zero attached hydrogens (tertiary/aromatic N) is 3. The van der Waals surface area contributed by atoms with Crippen molar-refractivity contribution < 1.29 is 9.53 Å². The molecule has 1 aliphatic heterocycles. The summed E-state index contributed by atoms with van der Waals surface area (Å²) in [5.74, 6) is 0.496. The number of piperidine rings is 1. The molecule has 0 N–H and O–H groups in total. The van der Waals surface area contributed by atoms with Crippen LogP contribution in [0.1, 0.15) is 63.8 Å². The van der Waals surface area contributed by atoms with Crippen molar-refractivity contribution in [2.45, 2.75) is 64.5 Å². The first-order chi connectivity index (χ1) is 12.3. The van der Waals surface area contributed by atoms with Gasteiger partial charge in [-0.3, -0.25) is 9.88 Å². The molecule has 2 atom stereocenters. The van der Waals surface area contributed by atoms with Crippen LogP contribution in [0.25, 0.3) is 0 Å². The first-order valence-corrected chi connectivity index (χ1v) is 9.95. The summed E-state index contributed by atoms with van der Waals surface area (Å²) in [5, 5.41) is 0. The summed E-state index contributed by atoms with van der Waals surface area (Å²) in [4.78, 5) is 21.4. The highest BCUT2D eigenvalue weighted by atomic mass is 16.6. The maximum atomic E-state index is 12.4. The van der Waals surface area contributed by atoms with Crippen LogP contribution in [-0.2, 0) is 11.2 Å². The van der Waals surface area contributed by atoms with Gasteiger partial charge >= 0.3 is 6.09 Å². The van der Waals surface area contributed by atoms with Crippen LogP contribution >= 0.6 is 0 Å². The molecule has 0 saturated carbocycles. The lowest BCUT2D eigenvalue weighted by Crippen LogP contribution is -2.45. The lowest BCUT2D eigenvalue weighted by Gasteiger charge is -2.38. The number of rotatable bonds is 3. The largest absolute Gasteiger partial charge is 0.444 e. The molecule has 1 fully saturated rings. The number of pyridine rings is 1. The third-order valence-electron chi connectivity index (χ3n) is 5.41. The Hall–Kier alpha value is -1.62. The zero-order valence-electron chi connectivity index (χ0n) is 16.7. The molecule has 0 spiro atoms. The van der Waals surface area contributed by atoms with Gasteiger partial charge in [-0.25, -0.2) is 4.79 Å². The summed E-state index contributed by atoms with van der Waals surface area (Å²) in [7, 11) is 2.21. The Kier molecular flexibility index (Phi) is 5.86. The summed E-state index contributed by atoms with van der Waals surface area (Å²) in [6.07, 6.45) is 7.50. The van der Waals surface area contributed by atoms with E-state index in [4.69, 9.17) is 4.74 Å². The molecule has 1 aromatic rings. The SMILES string of the molecule is CN(CC1CCCN(C(=O)OC(C)(C)C)C1)[C@H]1CCCc2cccnc21. The van der Waals surface area contributed by atoms with Gasteiger partial charge in [0.1, 0.15) is 5.60 Å². The highest BCUT2D eigenvalue weighted by Gasteiger charge is 2.31. The van der Waals surface area contributed by atoms with E-state index < -0.39 is 5.60 Å². The number of carbonyl (C=O) groups is 1. The van der Waals surface area contributed by atoms with Crippen molar-refractivity contribution in [3.05, 3.63) is 29.6 Å². The topological polar surface area (TPSA) is 45.7 Å². The summed E-state index contributed by atoms with van der Waals surface area (Å²) >= 11 is 0. The minimum absolute atomic E-state index is 0.172. The number of hydrogen-bond acceptors (Lipinski definition) is 4. The number of hydrogen-bond donors (Lipinski definition) is 0. The Morgan fingerprint density at radius 2 is 2.15 bits per heavy atom. The van der Waals surface area contributed by atoms with Gasteiger partial charge in [-0.2, -0.15) is 0 Å². The molecular formula is C21H33N3O2. The monoisotopic (exact) mass is 359 g/mol. The van der Waals surface area contributed by atoms with Crippen LogP contribution in [-0.4, -0.2) is 53.2 Å². The third-order valence-corrected chi connectivity index (χ3v) is 5.41. The molecule has 1 unspecified atom stereocenters. The van der Waals surface area contributed by atoms with E-state index in [0.717, 1.165) is 32.5 Å². The Bertz CT molecular complexity index is 626. The lowest BCUT2D eigenvalue weighted by molar-refractivity contribution is 0.0138. The van der Waals surface area contributed by atoms with Crippen LogP contribution in [0, 0.1) is 5.92 Å². The van der Waals surface area contributed by atoms with Crippen molar-refractivity contribution in [1.82, 2.24) is 14.8 Å². The normalized spacial score (nSPS) is 23.7. The molecular weight excluding hydrogens is 326 g/mol. The Morgan fingerprint density at radius 3 is 2.92 bits per heavy atom. The zero-order chi connectivity index (χ0) is 18.7. The minimum Gasteiger partial charge on any atom is -0.444 e. The molecule has 1 saturated heterocycles. The molecule has 2 aliphatic rings. The summed E-state index contributed by atoms with van der Waals surface area (Å²) in [6, 6.07) is 4.66. The summed E-state index contributed by atoms with van der Waals surface area (Å²) < 4.78 is 5.56. The van der Waals surface area contributed by atoms with Gasteiger partial charge in [-0.15, -0.1) is 0 Å². The van der Waals surface area contributed by atoms with E-state index >= 15 is 0 Å². The van der Waals surface area contributed by atoms with Gasteiger partial charge in [0.05, 0.1) is 11.7 Å². The number of likely N-dealkylation sites (tertiary alicyclic amines) is 1. The maximum Gasteiger partial charge on any atom is 0.410 e. The molecule has 1 aliphatic carbocycles. The van der Waals surface area contributed by atoms with E-state index in [1.54, 1.807) is 0 Å². The van der Waals surface area contributed by atoms with E-state index in [0.29, 0.717) is 12.0 Å². The average Bonchev–Trinajstić information content (AvgIpc) is 2.60. The second-order valence-electron chi connectivity index (χ2n) is 8.83. The second kappa shape index (κ2) is 7.95. The smallest absolute Gasteiger partial charge is 0.410 e. The fourth-order valence-electron chi connectivity index (χ4n) is 4.25. The van der Waals surface area contributed by atoms with Crippen LogP contribution in [0.4, 0.5) is 4.79 Å². The van der Waals surface area contributed by atoms with Gasteiger partial charge in [-0.05, 0) is 77.5 Å². The molecule has 144 valence electrons. The number of fused-ring (bicyclic) bond motifs is 1. The van der Waals surface area contributed by atoms with Crippen molar-refractivity contribution in [3.63, 3.8) is 0 Å². The van der Waals surface area contributed by atoms with Crippen molar-refractivity contribution in [2.75, 3.05) is 26.7 Å². The molecule has 5 nitrogen and oxygen atoms in total. The standard InChI is InChI=1S/C21H33N3O2/c1-21(2,3)26-20(25)24-13-7-8-16(15-24)14-23(4)18-11-5-9-17-10-6-12-22-19(17)18/h6,10,12,16,18H,5,7-9,11,13-15H2,1-4H3/t16?,18-/m0/s1. The van der Waals surface area contributed by atoms with Gasteiger partial charge in [0.2, 0.25) is 0 Å². The molecule has 26 heavy (non-hydrogen) atoms. The second-order valence-corrected chi connectivity index (χ2v) is 8.83. The van der Waals surface area contributed by atoms with Crippen molar-refractivity contribution >= 4 is 6.09 Å². The van der Waals surface area contributed by atoms with Gasteiger partial charge < -0.3 is 9.64 Å². The Labute approximate surface area is 157 Å². The zero-order valence-corrected chi connectivity index (χ0v) is 16.7. The first-order valence-electron chi connectivity index (χ1n) is 9.95. The van der Waals surface area contributed by atoms with Crippen molar-refractivity contribution in [2.24, 2.45) is 5.92 Å². The summed E-state index contributed by atoms with van der Waals surface area (Å²) in [5.41, 5.74) is 2.22. The Morgan fingerprint density at radius 1 is 1.35 bits per heavy atom. The van der Waals surface area contributed by atoms with Gasteiger partial charge in [-0.1, -0.05) is 6.07 Å². The quantitative estimate of drug-likeness (QED) is 0.817. The Balaban J connectivity index is 1.59. The fraction of sp³-hybridized carbons (Fsp3) is 0.714. The predicted octanol–water partition coefficient (Wildman–Crippen LogP) is 4.04. The first kappa shape index (κ1) is 19.2. The molecule has 2 heterocycles. The van der Waals surface area contributed by atoms with Gasteiger partial charge in [0, 0.05) is 25.8 Å². The molecule has 0 aromatic carbocycles. The highest BCUT2D eigenvalue weighted by Crippen LogP contribution is 2.33. The molecule has 1 amide bonds. The minimum atomic E-state index is -0.432. The third kappa shape index (κ3) is 4.76. The van der Waals surface area contributed by atoms with Crippen LogP contribution < -0.4 is 0 Å². The van der Waals surface area contributed by atoms with Crippen LogP contribution in [0.3, 0.4) is 0 Å². The average molecular weight is 360 g/mol. The number of ether oxygens (including phenoxy) is 1. The van der Waals surface area contributed by atoms with Crippen LogP contribution in [0.15, 0.2) is 18.3 Å². The van der Waals surface area contributed by atoms with E-state index in [1.807, 2.05) is 37.9 Å². The number of aromatic nitrogens is 1. The van der Waals surface area contributed by atoms with E-state index in [1.165, 1.54) is 30.5 Å². The van der Waals surface area contributed by atoms with Crippen LogP contribution in [0.2, 0.25) is 0 Å². The number of aryl methyl sites for hydroxylation is 1. The molecule has 5 heteroatoms. The maximum absolute atomic E-state index is 12.4. The number of carbonyl (C=O) groups excluding carboxylic acids is 1. The van der Waals surface area contributed by atoms with Crippen molar-refractivity contribution in [1.29, 1.82) is 0 Å². The highest BCUT2D eigenvalue weighted by molar-refractivity contribution is 5.68. The molecule has 0 bridgehead atoms. The molecule has 3 rings (SSSR count). The van der Waals surface area contributed by atoms with Gasteiger partial charge in [0.15, 0.2) is 0 Å².